The van der Waals surface area contributed by atoms with E-state index in [0.717, 1.165) is 36.5 Å². The first kappa shape index (κ1) is 32.8. The van der Waals surface area contributed by atoms with Gasteiger partial charge in [0.05, 0.1) is 43.7 Å². The van der Waals surface area contributed by atoms with E-state index in [9.17, 15) is 0 Å². The molecule has 7 heterocycles. The third-order valence-electron chi connectivity index (χ3n) is 9.93. The smallest absolute Gasteiger partial charge is 0.308 e. The number of fused-ring (bicyclic) bond motifs is 6. The van der Waals surface area contributed by atoms with Crippen LogP contribution >= 0.6 is 23.5 Å². The summed E-state index contributed by atoms with van der Waals surface area (Å²) >= 11 is 4.18. The normalized spacial score (nSPS) is 38.4. The minimum Gasteiger partial charge on any atom is -0.417 e. The van der Waals surface area contributed by atoms with E-state index in [2.05, 4.69) is 85.1 Å². The molecule has 1 atom stereocenters. The van der Waals surface area contributed by atoms with E-state index in [1.807, 2.05) is 6.08 Å². The van der Waals surface area contributed by atoms with Gasteiger partial charge in [-0.05, 0) is 54.3 Å². The third kappa shape index (κ3) is 6.68. The van der Waals surface area contributed by atoms with Crippen LogP contribution in [0.15, 0.2) is 11.6 Å². The van der Waals surface area contributed by atoms with Gasteiger partial charge >= 0.3 is 11.9 Å². The summed E-state index contributed by atoms with van der Waals surface area (Å²) in [5.74, 6) is 0.679. The van der Waals surface area contributed by atoms with Crippen LogP contribution < -0.4 is 0 Å². The van der Waals surface area contributed by atoms with Crippen LogP contribution in [0.25, 0.3) is 0 Å². The molecule has 0 aliphatic carbocycles. The van der Waals surface area contributed by atoms with Gasteiger partial charge in [0.15, 0.2) is 8.32 Å². The molecule has 0 aromatic rings. The van der Waals surface area contributed by atoms with Crippen molar-refractivity contribution >= 4 is 31.8 Å². The van der Waals surface area contributed by atoms with Gasteiger partial charge in [-0.1, -0.05) is 48.5 Å². The highest BCUT2D eigenvalue weighted by Gasteiger charge is 2.58. The van der Waals surface area contributed by atoms with Gasteiger partial charge in [-0.2, -0.15) is 0 Å². The third-order valence-corrected chi connectivity index (χ3v) is 18.0. The van der Waals surface area contributed by atoms with E-state index in [1.54, 1.807) is 0 Å². The minimum absolute atomic E-state index is 0.0907. The van der Waals surface area contributed by atoms with Crippen LogP contribution in [0.2, 0.25) is 18.1 Å². The Morgan fingerprint density at radius 3 is 1.80 bits per heavy atom. The Morgan fingerprint density at radius 2 is 1.34 bits per heavy atom. The van der Waals surface area contributed by atoms with E-state index in [0.29, 0.717) is 51.5 Å². The summed E-state index contributed by atoms with van der Waals surface area (Å²) in [5, 5.41) is 0.194. The first-order valence-corrected chi connectivity index (χ1v) is 20.4. The van der Waals surface area contributed by atoms with Gasteiger partial charge in [-0.25, -0.2) is 0 Å². The second-order valence-electron chi connectivity index (χ2n) is 15.5. The van der Waals surface area contributed by atoms with Gasteiger partial charge in [-0.3, -0.25) is 0 Å². The van der Waals surface area contributed by atoms with E-state index in [4.69, 9.17) is 32.8 Å². The predicted octanol–water partition coefficient (Wildman–Crippen LogP) is 7.03. The second-order valence-corrected chi connectivity index (χ2v) is 23.4. The molecule has 0 aromatic carbocycles. The van der Waals surface area contributed by atoms with Crippen LogP contribution in [-0.4, -0.2) is 82.1 Å². The summed E-state index contributed by atoms with van der Waals surface area (Å²) in [6, 6.07) is 0. The van der Waals surface area contributed by atoms with Crippen molar-refractivity contribution in [3.05, 3.63) is 11.6 Å². The van der Waals surface area contributed by atoms with Gasteiger partial charge in [-0.15, -0.1) is 23.5 Å². The van der Waals surface area contributed by atoms with E-state index in [-0.39, 0.29) is 19.9 Å². The summed E-state index contributed by atoms with van der Waals surface area (Å²) in [6.07, 6.45) is 4.96. The van der Waals surface area contributed by atoms with Gasteiger partial charge in [0.25, 0.3) is 0 Å². The molecule has 0 spiro atoms. The van der Waals surface area contributed by atoms with Crippen molar-refractivity contribution in [1.29, 1.82) is 0 Å². The zero-order valence-electron chi connectivity index (χ0n) is 26.9. The Kier molecular flexibility index (Phi) is 9.29. The lowest BCUT2D eigenvalue weighted by Gasteiger charge is -2.54. The molecule has 236 valence electrons. The highest BCUT2D eigenvalue weighted by molar-refractivity contribution is 8.18. The average molecular weight is 631 g/mol. The van der Waals surface area contributed by atoms with Crippen LogP contribution in [0, 0.1) is 22.7 Å². The quantitative estimate of drug-likeness (QED) is 0.187. The Balaban J connectivity index is 1.46. The minimum atomic E-state index is -1.84. The summed E-state index contributed by atoms with van der Waals surface area (Å²) in [6.45, 7) is 25.0. The fraction of sp³-hybridized carbons (Fsp3) is 0.935. The van der Waals surface area contributed by atoms with Crippen LogP contribution in [0.5, 0.6) is 0 Å². The molecule has 0 saturated carbocycles. The van der Waals surface area contributed by atoms with Crippen LogP contribution in [-0.2, 0) is 32.8 Å². The van der Waals surface area contributed by atoms with Gasteiger partial charge in [0, 0.05) is 35.5 Å². The molecule has 4 bridgehead atoms. The van der Waals surface area contributed by atoms with Crippen molar-refractivity contribution in [2.45, 2.75) is 102 Å². The highest BCUT2D eigenvalue weighted by Crippen LogP contribution is 2.57. The summed E-state index contributed by atoms with van der Waals surface area (Å²) in [7, 11) is -1.84. The Labute approximate surface area is 258 Å². The highest BCUT2D eigenvalue weighted by atomic mass is 32.2. The molecule has 0 unspecified atom stereocenters. The Hall–Kier alpha value is 0.377. The van der Waals surface area contributed by atoms with Crippen molar-refractivity contribution in [2.75, 3.05) is 57.8 Å². The monoisotopic (exact) mass is 630 g/mol. The molecular weight excluding hydrogens is 577 g/mol. The fourth-order valence-electron chi connectivity index (χ4n) is 6.02. The molecule has 0 N–H and O–H groups in total. The molecule has 7 fully saturated rings. The number of hydrogen-bond donors (Lipinski definition) is 0. The van der Waals surface area contributed by atoms with Crippen molar-refractivity contribution in [3.63, 3.8) is 0 Å². The second kappa shape index (κ2) is 11.6. The molecule has 0 aromatic heterocycles. The first-order chi connectivity index (χ1) is 19.1. The summed E-state index contributed by atoms with van der Waals surface area (Å²) in [4.78, 5) is 0. The van der Waals surface area contributed by atoms with Crippen LogP contribution in [0.3, 0.4) is 0 Å². The molecule has 7 aliphatic heterocycles. The molecule has 41 heavy (non-hydrogen) atoms. The number of rotatable bonds is 10. The molecule has 7 aliphatic rings. The standard InChI is InChI=1S/C31H54O7S2Si/c1-23(2)25(11-12-38-41(8,9)26(3,4)5)29(39-13-10-14-40-29)15-24(31-35-20-28(7,21-36-31)22-37-31)16-30-32-17-27(6,18-33-30)19-34-30/h16,23,25H,10-15,17-22H2,1-9H3/b24-16+/t25-,27?,28?,30?,31?/m0/s1. The molecule has 0 radical (unpaired) electrons. The predicted molar refractivity (Wildman–Crippen MR) is 168 cm³/mol. The van der Waals surface area contributed by atoms with Crippen LogP contribution in [0.4, 0.5) is 0 Å². The Morgan fingerprint density at radius 1 is 0.854 bits per heavy atom. The van der Waals surface area contributed by atoms with E-state index < -0.39 is 20.3 Å². The number of thioether (sulfide) groups is 2. The van der Waals surface area contributed by atoms with Gasteiger partial charge in [0.2, 0.25) is 0 Å². The average Bonchev–Trinajstić information content (AvgIpc) is 2.92. The molecule has 7 nitrogen and oxygen atoms in total. The lowest BCUT2D eigenvalue weighted by molar-refractivity contribution is -0.455. The summed E-state index contributed by atoms with van der Waals surface area (Å²) in [5.41, 5.74) is 0.681. The van der Waals surface area contributed by atoms with Crippen molar-refractivity contribution in [2.24, 2.45) is 22.7 Å². The largest absolute Gasteiger partial charge is 0.417 e. The maximum atomic E-state index is 6.73. The van der Waals surface area contributed by atoms with Crippen molar-refractivity contribution in [1.82, 2.24) is 0 Å². The maximum Gasteiger partial charge on any atom is 0.308 e. The lowest BCUT2D eigenvalue weighted by Crippen LogP contribution is -2.62. The molecular formula is C31H54O7S2Si. The van der Waals surface area contributed by atoms with Gasteiger partial charge in [0.1, 0.15) is 0 Å². The van der Waals surface area contributed by atoms with E-state index >= 15 is 0 Å². The zero-order valence-corrected chi connectivity index (χ0v) is 29.5. The summed E-state index contributed by atoms with van der Waals surface area (Å²) < 4.78 is 44.8. The fourth-order valence-corrected chi connectivity index (χ4v) is 11.1. The van der Waals surface area contributed by atoms with Crippen molar-refractivity contribution in [3.8, 4) is 0 Å². The van der Waals surface area contributed by atoms with Crippen molar-refractivity contribution < 1.29 is 32.8 Å². The first-order valence-electron chi connectivity index (χ1n) is 15.5. The topological polar surface area (TPSA) is 64.6 Å². The van der Waals surface area contributed by atoms with Gasteiger partial charge < -0.3 is 32.8 Å². The molecule has 0 amide bonds. The molecule has 7 saturated heterocycles. The maximum absolute atomic E-state index is 6.73. The lowest BCUT2D eigenvalue weighted by atomic mass is 9.84. The SMILES string of the molecule is CC(C)[C@H](CCO[Si](C)(C)C(C)(C)C)C1(C/C(=C\C23OCC(C)(CO2)CO3)C23OCC(C)(CO2)CO3)SCCCS1. The number of ether oxygens (including phenoxy) is 6. The Bertz CT molecular complexity index is 923. The number of hydrogen-bond acceptors (Lipinski definition) is 9. The zero-order chi connectivity index (χ0) is 29.8. The molecule has 7 rings (SSSR count). The molecule has 10 heteroatoms. The van der Waals surface area contributed by atoms with E-state index in [1.165, 1.54) is 6.42 Å². The van der Waals surface area contributed by atoms with Crippen LogP contribution in [0.1, 0.15) is 67.7 Å².